The fourth-order valence-electron chi connectivity index (χ4n) is 1.99. The molecule has 0 unspecified atom stereocenters. The second-order valence-corrected chi connectivity index (χ2v) is 4.72. The van der Waals surface area contributed by atoms with E-state index in [-0.39, 0.29) is 12.4 Å². The largest absolute Gasteiger partial charge is 0.439 e. The number of aromatic nitrogens is 1. The Morgan fingerprint density at radius 1 is 1.25 bits per heavy atom. The van der Waals surface area contributed by atoms with Gasteiger partial charge in [0, 0.05) is 11.8 Å². The summed E-state index contributed by atoms with van der Waals surface area (Å²) < 4.78 is 18.8. The summed E-state index contributed by atoms with van der Waals surface area (Å²) in [5.41, 5.74) is 2.35. The number of nitrogens with zero attached hydrogens (tertiary/aromatic N) is 1. The first-order valence-corrected chi connectivity index (χ1v) is 6.67. The molecular formula is C16H18FNO2. The SMILES string of the molecule is CCCc1cc(CO)cc(Oc2ccc(F)cc2C)n1. The van der Waals surface area contributed by atoms with Gasteiger partial charge >= 0.3 is 0 Å². The predicted molar refractivity (Wildman–Crippen MR) is 75.4 cm³/mol. The molecule has 4 heteroatoms. The molecule has 106 valence electrons. The van der Waals surface area contributed by atoms with E-state index >= 15 is 0 Å². The van der Waals surface area contributed by atoms with Crippen LogP contribution in [0.1, 0.15) is 30.2 Å². The second-order valence-electron chi connectivity index (χ2n) is 4.72. The molecule has 0 saturated heterocycles. The van der Waals surface area contributed by atoms with E-state index in [2.05, 4.69) is 11.9 Å². The predicted octanol–water partition coefficient (Wildman–Crippen LogP) is 3.77. The highest BCUT2D eigenvalue weighted by molar-refractivity contribution is 5.36. The fraction of sp³-hybridized carbons (Fsp3) is 0.312. The van der Waals surface area contributed by atoms with E-state index in [9.17, 15) is 9.50 Å². The van der Waals surface area contributed by atoms with Crippen molar-refractivity contribution in [2.24, 2.45) is 0 Å². The summed E-state index contributed by atoms with van der Waals surface area (Å²) in [4.78, 5) is 4.40. The van der Waals surface area contributed by atoms with Gasteiger partial charge < -0.3 is 9.84 Å². The van der Waals surface area contributed by atoms with Crippen LogP contribution in [0.2, 0.25) is 0 Å². The van der Waals surface area contributed by atoms with Crippen LogP contribution in [0.3, 0.4) is 0 Å². The minimum absolute atomic E-state index is 0.0575. The second kappa shape index (κ2) is 6.48. The first kappa shape index (κ1) is 14.5. The summed E-state index contributed by atoms with van der Waals surface area (Å²) in [5, 5.41) is 9.28. The van der Waals surface area contributed by atoms with E-state index in [0.717, 1.165) is 24.1 Å². The monoisotopic (exact) mass is 275 g/mol. The summed E-state index contributed by atoms with van der Waals surface area (Å²) in [6, 6.07) is 7.91. The summed E-state index contributed by atoms with van der Waals surface area (Å²) in [6.45, 7) is 3.79. The van der Waals surface area contributed by atoms with Gasteiger partial charge in [-0.2, -0.15) is 0 Å². The van der Waals surface area contributed by atoms with Crippen molar-refractivity contribution >= 4 is 0 Å². The van der Waals surface area contributed by atoms with Crippen molar-refractivity contribution in [3.05, 3.63) is 53.0 Å². The van der Waals surface area contributed by atoms with Crippen molar-refractivity contribution in [1.29, 1.82) is 0 Å². The van der Waals surface area contributed by atoms with Crippen molar-refractivity contribution in [3.8, 4) is 11.6 Å². The fourth-order valence-corrected chi connectivity index (χ4v) is 1.99. The highest BCUT2D eigenvalue weighted by Gasteiger charge is 2.07. The van der Waals surface area contributed by atoms with Crippen molar-refractivity contribution in [2.45, 2.75) is 33.3 Å². The number of hydrogen-bond acceptors (Lipinski definition) is 3. The van der Waals surface area contributed by atoms with Gasteiger partial charge in [0.25, 0.3) is 0 Å². The van der Waals surface area contributed by atoms with Crippen LogP contribution in [0.25, 0.3) is 0 Å². The Morgan fingerprint density at radius 3 is 2.70 bits per heavy atom. The van der Waals surface area contributed by atoms with Crippen LogP contribution < -0.4 is 4.74 Å². The summed E-state index contributed by atoms with van der Waals surface area (Å²) >= 11 is 0. The number of aliphatic hydroxyl groups is 1. The van der Waals surface area contributed by atoms with Crippen molar-refractivity contribution in [3.63, 3.8) is 0 Å². The van der Waals surface area contributed by atoms with Gasteiger partial charge in [-0.05, 0) is 48.7 Å². The Bertz CT molecular complexity index is 599. The quantitative estimate of drug-likeness (QED) is 0.903. The minimum Gasteiger partial charge on any atom is -0.439 e. The van der Waals surface area contributed by atoms with Crippen molar-refractivity contribution < 1.29 is 14.2 Å². The first-order valence-electron chi connectivity index (χ1n) is 6.67. The van der Waals surface area contributed by atoms with E-state index in [4.69, 9.17) is 4.74 Å². The lowest BCUT2D eigenvalue weighted by Gasteiger charge is -2.10. The van der Waals surface area contributed by atoms with Crippen molar-refractivity contribution in [2.75, 3.05) is 0 Å². The molecule has 3 nitrogen and oxygen atoms in total. The van der Waals surface area contributed by atoms with Crippen LogP contribution in [0.5, 0.6) is 11.6 Å². The number of benzene rings is 1. The molecule has 0 amide bonds. The van der Waals surface area contributed by atoms with E-state index < -0.39 is 0 Å². The lowest BCUT2D eigenvalue weighted by molar-refractivity contribution is 0.280. The standard InChI is InChI=1S/C16H18FNO2/c1-3-4-14-8-12(10-19)9-16(18-14)20-15-6-5-13(17)7-11(15)2/h5-9,19H,3-4,10H2,1-2H3. The van der Waals surface area contributed by atoms with Crippen LogP contribution in [0, 0.1) is 12.7 Å². The Labute approximate surface area is 118 Å². The molecule has 0 radical (unpaired) electrons. The van der Waals surface area contributed by atoms with E-state index in [1.54, 1.807) is 19.1 Å². The maximum Gasteiger partial charge on any atom is 0.219 e. The van der Waals surface area contributed by atoms with Gasteiger partial charge in [-0.25, -0.2) is 9.37 Å². The van der Waals surface area contributed by atoms with Gasteiger partial charge in [-0.15, -0.1) is 0 Å². The average molecular weight is 275 g/mol. The molecule has 0 fully saturated rings. The molecular weight excluding hydrogens is 257 g/mol. The lowest BCUT2D eigenvalue weighted by atomic mass is 10.1. The zero-order chi connectivity index (χ0) is 14.5. The molecule has 0 atom stereocenters. The summed E-state index contributed by atoms with van der Waals surface area (Å²) in [6.07, 6.45) is 1.80. The van der Waals surface area contributed by atoms with Gasteiger partial charge in [0.2, 0.25) is 5.88 Å². The van der Waals surface area contributed by atoms with Gasteiger partial charge in [-0.3, -0.25) is 0 Å². The van der Waals surface area contributed by atoms with Gasteiger partial charge in [-0.1, -0.05) is 13.3 Å². The third kappa shape index (κ3) is 3.54. The molecule has 2 rings (SSSR count). The topological polar surface area (TPSA) is 42.4 Å². The number of hydrogen-bond donors (Lipinski definition) is 1. The van der Waals surface area contributed by atoms with Crippen LogP contribution in [-0.2, 0) is 13.0 Å². The summed E-state index contributed by atoms with van der Waals surface area (Å²) in [7, 11) is 0. The number of pyridine rings is 1. The van der Waals surface area contributed by atoms with Gasteiger partial charge in [0.15, 0.2) is 0 Å². The Kier molecular flexibility index (Phi) is 4.69. The summed E-state index contributed by atoms with van der Waals surface area (Å²) in [5.74, 6) is 0.699. The first-order chi connectivity index (χ1) is 9.62. The number of aryl methyl sites for hydroxylation is 2. The molecule has 1 N–H and O–H groups in total. The van der Waals surface area contributed by atoms with Crippen molar-refractivity contribution in [1.82, 2.24) is 4.98 Å². The van der Waals surface area contributed by atoms with Crippen LogP contribution >= 0.6 is 0 Å². The number of halogens is 1. The number of aliphatic hydroxyl groups excluding tert-OH is 1. The van der Waals surface area contributed by atoms with E-state index in [1.165, 1.54) is 12.1 Å². The minimum atomic E-state index is -0.293. The molecule has 0 aliphatic rings. The molecule has 0 saturated carbocycles. The molecule has 1 aromatic heterocycles. The zero-order valence-electron chi connectivity index (χ0n) is 11.7. The van der Waals surface area contributed by atoms with E-state index in [1.807, 2.05) is 6.07 Å². The molecule has 0 aliphatic heterocycles. The molecule has 1 aromatic carbocycles. The highest BCUT2D eigenvalue weighted by Crippen LogP contribution is 2.25. The molecule has 2 aromatic rings. The third-order valence-corrected chi connectivity index (χ3v) is 2.95. The zero-order valence-corrected chi connectivity index (χ0v) is 11.7. The Hall–Kier alpha value is -1.94. The lowest BCUT2D eigenvalue weighted by Crippen LogP contribution is -1.98. The normalized spacial score (nSPS) is 10.6. The van der Waals surface area contributed by atoms with E-state index in [0.29, 0.717) is 17.2 Å². The number of ether oxygens (including phenoxy) is 1. The maximum absolute atomic E-state index is 13.1. The van der Waals surface area contributed by atoms with Crippen LogP contribution in [0.4, 0.5) is 4.39 Å². The molecule has 0 aliphatic carbocycles. The smallest absolute Gasteiger partial charge is 0.219 e. The van der Waals surface area contributed by atoms with Crippen LogP contribution in [-0.4, -0.2) is 10.1 Å². The Balaban J connectivity index is 2.29. The van der Waals surface area contributed by atoms with Gasteiger partial charge in [0.05, 0.1) is 6.61 Å². The molecule has 0 bridgehead atoms. The third-order valence-electron chi connectivity index (χ3n) is 2.95. The molecule has 0 spiro atoms. The van der Waals surface area contributed by atoms with Crippen LogP contribution in [0.15, 0.2) is 30.3 Å². The van der Waals surface area contributed by atoms with Gasteiger partial charge in [0.1, 0.15) is 11.6 Å². The maximum atomic E-state index is 13.1. The highest BCUT2D eigenvalue weighted by atomic mass is 19.1. The molecule has 1 heterocycles. The number of rotatable bonds is 5. The Morgan fingerprint density at radius 2 is 2.05 bits per heavy atom. The average Bonchev–Trinajstić information content (AvgIpc) is 2.42. The molecule has 20 heavy (non-hydrogen) atoms.